The van der Waals surface area contributed by atoms with Crippen LogP contribution >= 0.6 is 23.4 Å². The van der Waals surface area contributed by atoms with Crippen molar-refractivity contribution in [1.82, 2.24) is 20.3 Å². The van der Waals surface area contributed by atoms with E-state index in [1.165, 1.54) is 23.9 Å². The maximum absolute atomic E-state index is 13.1. The third kappa shape index (κ3) is 7.68. The van der Waals surface area contributed by atoms with Gasteiger partial charge in [-0.15, -0.1) is 0 Å². The molecule has 0 saturated carbocycles. The number of carbonyl (C=O) groups is 1. The number of hydrogen-bond acceptors (Lipinski definition) is 7. The van der Waals surface area contributed by atoms with Gasteiger partial charge < -0.3 is 15.1 Å². The van der Waals surface area contributed by atoms with Gasteiger partial charge in [0.05, 0.1) is 5.56 Å². The topological polar surface area (TPSA) is 74.2 Å². The average molecular weight is 599 g/mol. The first-order valence-electron chi connectivity index (χ1n) is 12.9. The van der Waals surface area contributed by atoms with E-state index in [0.717, 1.165) is 17.2 Å². The number of hydrogen-bond donors (Lipinski definition) is 1. The summed E-state index contributed by atoms with van der Waals surface area (Å²) in [6.45, 7) is 2.66. The van der Waals surface area contributed by atoms with Crippen LogP contribution in [0.5, 0.6) is 0 Å². The van der Waals surface area contributed by atoms with Crippen LogP contribution in [0.3, 0.4) is 0 Å². The summed E-state index contributed by atoms with van der Waals surface area (Å²) < 4.78 is 39.4. The Balaban J connectivity index is 1.15. The van der Waals surface area contributed by atoms with Crippen LogP contribution in [0.2, 0.25) is 5.15 Å². The number of thioether (sulfide) groups is 1. The van der Waals surface area contributed by atoms with E-state index in [1.807, 2.05) is 29.2 Å². The molecule has 0 atom stereocenters. The Hall–Kier alpha value is -3.83. The molecule has 41 heavy (non-hydrogen) atoms. The second-order valence-electron chi connectivity index (χ2n) is 9.38. The Kier molecular flexibility index (Phi) is 8.94. The maximum atomic E-state index is 13.1. The molecule has 0 aliphatic carbocycles. The molecule has 1 N–H and O–H groups in total. The Bertz CT molecular complexity index is 1480. The Morgan fingerprint density at radius 2 is 1.68 bits per heavy atom. The number of amides is 1. The van der Waals surface area contributed by atoms with E-state index in [0.29, 0.717) is 65.9 Å². The number of nitrogens with one attached hydrogen (secondary N) is 1. The lowest BCUT2D eigenvalue weighted by Gasteiger charge is -2.37. The van der Waals surface area contributed by atoms with Gasteiger partial charge in [0, 0.05) is 68.2 Å². The third-order valence-corrected chi connectivity index (χ3v) is 7.68. The number of piperazine rings is 1. The Morgan fingerprint density at radius 1 is 0.927 bits per heavy atom. The molecule has 2 aromatic heterocycles. The first-order chi connectivity index (χ1) is 19.7. The highest BCUT2D eigenvalue weighted by molar-refractivity contribution is 7.98. The van der Waals surface area contributed by atoms with Crippen molar-refractivity contribution in [3.63, 3.8) is 0 Å². The molecule has 0 spiro atoms. The van der Waals surface area contributed by atoms with E-state index < -0.39 is 11.7 Å². The molecule has 7 nitrogen and oxygen atoms in total. The van der Waals surface area contributed by atoms with Crippen LogP contribution in [0.25, 0.3) is 0 Å². The highest BCUT2D eigenvalue weighted by atomic mass is 35.5. The second kappa shape index (κ2) is 12.8. The van der Waals surface area contributed by atoms with Gasteiger partial charge in [-0.3, -0.25) is 9.78 Å². The van der Waals surface area contributed by atoms with Crippen molar-refractivity contribution in [2.45, 2.75) is 23.6 Å². The van der Waals surface area contributed by atoms with Gasteiger partial charge in [0.25, 0.3) is 5.91 Å². The van der Waals surface area contributed by atoms with Crippen LogP contribution in [0.15, 0.2) is 84.3 Å². The van der Waals surface area contributed by atoms with E-state index in [9.17, 15) is 18.0 Å². The first-order valence-corrected chi connectivity index (χ1v) is 14.2. The largest absolute Gasteiger partial charge is 0.416 e. The number of halogens is 4. The van der Waals surface area contributed by atoms with Crippen molar-refractivity contribution < 1.29 is 18.0 Å². The van der Waals surface area contributed by atoms with E-state index in [-0.39, 0.29) is 5.91 Å². The van der Waals surface area contributed by atoms with Crippen LogP contribution in [0, 0.1) is 0 Å². The fourth-order valence-corrected chi connectivity index (χ4v) is 5.41. The van der Waals surface area contributed by atoms with Crippen LogP contribution in [0.1, 0.15) is 27.0 Å². The molecule has 1 aliphatic heterocycles. The predicted octanol–water partition coefficient (Wildman–Crippen LogP) is 6.09. The number of aromatic nitrogens is 3. The lowest BCUT2D eigenvalue weighted by Crippen LogP contribution is -2.47. The smallest absolute Gasteiger partial charge is 0.368 e. The molecule has 212 valence electrons. The second-order valence-corrected chi connectivity index (χ2v) is 10.7. The molecular formula is C29H26ClF3N6OS. The highest BCUT2D eigenvalue weighted by Gasteiger charge is 2.31. The highest BCUT2D eigenvalue weighted by Crippen LogP contribution is 2.32. The summed E-state index contributed by atoms with van der Waals surface area (Å²) in [5.74, 6) is 1.10. The fourth-order valence-electron chi connectivity index (χ4n) is 4.37. The number of benzene rings is 2. The monoisotopic (exact) mass is 598 g/mol. The lowest BCUT2D eigenvalue weighted by atomic mass is 10.1. The number of rotatable bonds is 8. The number of carbonyl (C=O) groups excluding carboxylic acids is 1. The molecule has 2 aromatic carbocycles. The molecule has 0 radical (unpaired) electrons. The van der Waals surface area contributed by atoms with Crippen molar-refractivity contribution >= 4 is 40.8 Å². The normalized spacial score (nSPS) is 13.8. The lowest BCUT2D eigenvalue weighted by molar-refractivity contribution is -0.137. The van der Waals surface area contributed by atoms with Crippen LogP contribution < -0.4 is 15.1 Å². The van der Waals surface area contributed by atoms with E-state index in [2.05, 4.69) is 25.2 Å². The summed E-state index contributed by atoms with van der Waals surface area (Å²) in [6, 6.07) is 18.2. The molecule has 1 aliphatic rings. The van der Waals surface area contributed by atoms with Gasteiger partial charge in [0.15, 0.2) is 5.16 Å². The van der Waals surface area contributed by atoms with Crippen LogP contribution in [-0.2, 0) is 18.5 Å². The van der Waals surface area contributed by atoms with Gasteiger partial charge >= 0.3 is 6.18 Å². The molecule has 4 aromatic rings. The molecule has 12 heteroatoms. The average Bonchev–Trinajstić information content (AvgIpc) is 2.99. The number of pyridine rings is 1. The molecule has 1 fully saturated rings. The molecule has 1 amide bonds. The summed E-state index contributed by atoms with van der Waals surface area (Å²) in [4.78, 5) is 29.5. The molecule has 1 saturated heterocycles. The number of nitrogens with zero attached hydrogens (tertiary/aromatic N) is 5. The zero-order valence-corrected chi connectivity index (χ0v) is 23.4. The van der Waals surface area contributed by atoms with Crippen LogP contribution in [0.4, 0.5) is 24.7 Å². The zero-order valence-electron chi connectivity index (χ0n) is 21.8. The minimum atomic E-state index is -4.37. The number of alkyl halides is 3. The summed E-state index contributed by atoms with van der Waals surface area (Å²) >= 11 is 7.74. The minimum absolute atomic E-state index is 0.163. The summed E-state index contributed by atoms with van der Waals surface area (Å²) in [6.07, 6.45) is -0.975. The van der Waals surface area contributed by atoms with E-state index in [1.54, 1.807) is 36.7 Å². The van der Waals surface area contributed by atoms with Gasteiger partial charge in [0.1, 0.15) is 11.0 Å². The molecule has 0 bridgehead atoms. The summed E-state index contributed by atoms with van der Waals surface area (Å²) in [7, 11) is 0. The summed E-state index contributed by atoms with van der Waals surface area (Å²) in [5, 5.41) is 3.72. The zero-order chi connectivity index (χ0) is 28.8. The number of anilines is 2. The minimum Gasteiger partial charge on any atom is -0.368 e. The SMILES string of the molecule is O=C(NCc1cccnc1)c1ccc(CSc2nc(Cl)cc(N3CCN(c4cccc(C(F)(F)F)c4)CC3)n2)cc1. The third-order valence-electron chi connectivity index (χ3n) is 6.56. The predicted molar refractivity (Wildman–Crippen MR) is 154 cm³/mol. The van der Waals surface area contributed by atoms with Gasteiger partial charge in [-0.05, 0) is 47.5 Å². The van der Waals surface area contributed by atoms with Crippen molar-refractivity contribution in [3.05, 3.63) is 107 Å². The first kappa shape index (κ1) is 28.7. The fraction of sp³-hybridized carbons (Fsp3) is 0.241. The van der Waals surface area contributed by atoms with Gasteiger partial charge in [-0.1, -0.05) is 47.6 Å². The molecular weight excluding hydrogens is 573 g/mol. The molecule has 5 rings (SSSR count). The molecule has 3 heterocycles. The quantitative estimate of drug-likeness (QED) is 0.149. The van der Waals surface area contributed by atoms with Crippen molar-refractivity contribution in [1.29, 1.82) is 0 Å². The van der Waals surface area contributed by atoms with Crippen LogP contribution in [-0.4, -0.2) is 47.0 Å². The van der Waals surface area contributed by atoms with E-state index >= 15 is 0 Å². The molecule has 0 unspecified atom stereocenters. The van der Waals surface area contributed by atoms with Gasteiger partial charge in [0.2, 0.25) is 0 Å². The van der Waals surface area contributed by atoms with Crippen molar-refractivity contribution in [3.8, 4) is 0 Å². The standard InChI is InChI=1S/C29H26ClF3N6OS/c30-25-16-26(39-13-11-38(12-14-39)24-5-1-4-23(15-24)29(31,32)33)37-28(36-25)41-19-20-6-8-22(9-7-20)27(40)35-18-21-3-2-10-34-17-21/h1-10,15-17H,11-14,18-19H2,(H,35,40). The maximum Gasteiger partial charge on any atom is 0.416 e. The van der Waals surface area contributed by atoms with Crippen molar-refractivity contribution in [2.75, 3.05) is 36.0 Å². The van der Waals surface area contributed by atoms with Gasteiger partial charge in [-0.25, -0.2) is 9.97 Å². The Morgan fingerprint density at radius 3 is 2.39 bits per heavy atom. The van der Waals surface area contributed by atoms with Gasteiger partial charge in [-0.2, -0.15) is 13.2 Å². The summed E-state index contributed by atoms with van der Waals surface area (Å²) in [5.41, 5.74) is 2.38. The van der Waals surface area contributed by atoms with Crippen molar-refractivity contribution in [2.24, 2.45) is 0 Å². The van der Waals surface area contributed by atoms with E-state index in [4.69, 9.17) is 11.6 Å². The Labute approximate surface area is 244 Å².